The number of rotatable bonds is 1. The second-order valence-corrected chi connectivity index (χ2v) is 4.05. The fourth-order valence-electron chi connectivity index (χ4n) is 1.31. The predicted molar refractivity (Wildman–Crippen MR) is 63.1 cm³/mol. The molecule has 1 aromatic carbocycles. The van der Waals surface area contributed by atoms with Crippen molar-refractivity contribution in [1.82, 2.24) is 9.78 Å². The van der Waals surface area contributed by atoms with Crippen molar-refractivity contribution in [1.29, 1.82) is 0 Å². The first kappa shape index (κ1) is 10.3. The standard InChI is InChI=1S/C10H9Cl2N3/c1-15-10(13)5-9(14-15)7-4-6(11)2-3-8(7)12/h2-5H,13H2,1H3. The van der Waals surface area contributed by atoms with E-state index in [2.05, 4.69) is 5.10 Å². The number of aryl methyl sites for hydroxylation is 1. The molecule has 0 aliphatic heterocycles. The summed E-state index contributed by atoms with van der Waals surface area (Å²) in [6.45, 7) is 0. The number of benzene rings is 1. The van der Waals surface area contributed by atoms with Crippen LogP contribution in [0.1, 0.15) is 0 Å². The van der Waals surface area contributed by atoms with Crippen molar-refractivity contribution in [3.8, 4) is 11.3 Å². The van der Waals surface area contributed by atoms with Crippen LogP contribution in [0.25, 0.3) is 11.3 Å². The molecular weight excluding hydrogens is 233 g/mol. The number of halogens is 2. The smallest absolute Gasteiger partial charge is 0.121 e. The molecule has 0 atom stereocenters. The molecule has 1 heterocycles. The number of anilines is 1. The van der Waals surface area contributed by atoms with Crippen LogP contribution in [0.3, 0.4) is 0 Å². The highest BCUT2D eigenvalue weighted by Crippen LogP contribution is 2.30. The van der Waals surface area contributed by atoms with E-state index in [0.717, 1.165) is 11.3 Å². The largest absolute Gasteiger partial charge is 0.384 e. The number of nitrogen functional groups attached to an aromatic ring is 1. The summed E-state index contributed by atoms with van der Waals surface area (Å²) in [6.07, 6.45) is 0. The molecule has 0 aliphatic carbocycles. The molecule has 0 radical (unpaired) electrons. The van der Waals surface area contributed by atoms with E-state index in [1.165, 1.54) is 0 Å². The van der Waals surface area contributed by atoms with Gasteiger partial charge in [0.05, 0.1) is 10.7 Å². The molecule has 0 fully saturated rings. The predicted octanol–water partition coefficient (Wildman–Crippen LogP) is 2.98. The van der Waals surface area contributed by atoms with Gasteiger partial charge in [0.2, 0.25) is 0 Å². The monoisotopic (exact) mass is 241 g/mol. The molecule has 1 aromatic heterocycles. The van der Waals surface area contributed by atoms with Crippen LogP contribution in [-0.2, 0) is 7.05 Å². The minimum atomic E-state index is 0.584. The zero-order valence-corrected chi connectivity index (χ0v) is 9.55. The Labute approximate surface area is 97.4 Å². The average molecular weight is 242 g/mol. The summed E-state index contributed by atoms with van der Waals surface area (Å²) in [6, 6.07) is 7.01. The molecule has 5 heteroatoms. The van der Waals surface area contributed by atoms with Crippen molar-refractivity contribution in [2.75, 3.05) is 5.73 Å². The molecule has 2 rings (SSSR count). The van der Waals surface area contributed by atoms with E-state index in [1.54, 1.807) is 36.0 Å². The Morgan fingerprint density at radius 3 is 2.60 bits per heavy atom. The second kappa shape index (κ2) is 3.76. The lowest BCUT2D eigenvalue weighted by Gasteiger charge is -2.00. The molecule has 0 amide bonds. The van der Waals surface area contributed by atoms with Crippen LogP contribution in [0.4, 0.5) is 5.82 Å². The normalized spacial score (nSPS) is 10.6. The molecule has 15 heavy (non-hydrogen) atoms. The van der Waals surface area contributed by atoms with Gasteiger partial charge in [-0.3, -0.25) is 4.68 Å². The van der Waals surface area contributed by atoms with Gasteiger partial charge in [0.15, 0.2) is 0 Å². The van der Waals surface area contributed by atoms with E-state index in [1.807, 2.05) is 0 Å². The highest BCUT2D eigenvalue weighted by Gasteiger charge is 2.09. The van der Waals surface area contributed by atoms with Crippen LogP contribution >= 0.6 is 23.2 Å². The summed E-state index contributed by atoms with van der Waals surface area (Å²) >= 11 is 11.9. The van der Waals surface area contributed by atoms with Crippen molar-refractivity contribution in [2.45, 2.75) is 0 Å². The zero-order valence-electron chi connectivity index (χ0n) is 8.04. The topological polar surface area (TPSA) is 43.8 Å². The Bertz CT molecular complexity index is 486. The van der Waals surface area contributed by atoms with E-state index < -0.39 is 0 Å². The van der Waals surface area contributed by atoms with E-state index in [9.17, 15) is 0 Å². The SMILES string of the molecule is Cn1nc(-c2cc(Cl)ccc2Cl)cc1N. The zero-order chi connectivity index (χ0) is 11.0. The minimum Gasteiger partial charge on any atom is -0.384 e. The Hall–Kier alpha value is -1.19. The maximum absolute atomic E-state index is 6.04. The molecule has 0 unspecified atom stereocenters. The summed E-state index contributed by atoms with van der Waals surface area (Å²) in [5.41, 5.74) is 7.20. The van der Waals surface area contributed by atoms with Crippen molar-refractivity contribution < 1.29 is 0 Å². The lowest BCUT2D eigenvalue weighted by molar-refractivity contribution is 0.782. The lowest BCUT2D eigenvalue weighted by atomic mass is 10.1. The third-order valence-electron chi connectivity index (χ3n) is 2.12. The van der Waals surface area contributed by atoms with Crippen molar-refractivity contribution >= 4 is 29.0 Å². The third kappa shape index (κ3) is 1.94. The van der Waals surface area contributed by atoms with Gasteiger partial charge in [-0.2, -0.15) is 5.10 Å². The van der Waals surface area contributed by atoms with E-state index in [4.69, 9.17) is 28.9 Å². The van der Waals surface area contributed by atoms with Gasteiger partial charge in [0.1, 0.15) is 5.82 Å². The first-order valence-corrected chi connectivity index (χ1v) is 5.08. The summed E-state index contributed by atoms with van der Waals surface area (Å²) in [4.78, 5) is 0. The Morgan fingerprint density at radius 2 is 2.00 bits per heavy atom. The van der Waals surface area contributed by atoms with Gasteiger partial charge in [0, 0.05) is 23.7 Å². The Morgan fingerprint density at radius 1 is 1.27 bits per heavy atom. The number of aromatic nitrogens is 2. The first-order valence-electron chi connectivity index (χ1n) is 4.33. The average Bonchev–Trinajstić information content (AvgIpc) is 2.51. The molecule has 2 N–H and O–H groups in total. The van der Waals surface area contributed by atoms with Gasteiger partial charge in [0.25, 0.3) is 0 Å². The van der Waals surface area contributed by atoms with Crippen LogP contribution in [0.5, 0.6) is 0 Å². The molecule has 2 aromatic rings. The summed E-state index contributed by atoms with van der Waals surface area (Å²) < 4.78 is 1.59. The minimum absolute atomic E-state index is 0.584. The maximum Gasteiger partial charge on any atom is 0.121 e. The molecule has 0 aliphatic rings. The second-order valence-electron chi connectivity index (χ2n) is 3.20. The number of nitrogens with two attached hydrogens (primary N) is 1. The van der Waals surface area contributed by atoms with Crippen LogP contribution in [0.15, 0.2) is 24.3 Å². The molecule has 78 valence electrons. The maximum atomic E-state index is 6.04. The number of nitrogens with zero attached hydrogens (tertiary/aromatic N) is 2. The number of hydrogen-bond donors (Lipinski definition) is 1. The first-order chi connectivity index (χ1) is 7.08. The molecular formula is C10H9Cl2N3. The summed E-state index contributed by atoms with van der Waals surface area (Å²) in [5.74, 6) is 0.584. The fraction of sp³-hybridized carbons (Fsp3) is 0.100. The molecule has 0 saturated heterocycles. The van der Waals surface area contributed by atoms with Crippen molar-refractivity contribution in [2.24, 2.45) is 7.05 Å². The molecule has 0 spiro atoms. The number of hydrogen-bond acceptors (Lipinski definition) is 2. The highest BCUT2D eigenvalue weighted by atomic mass is 35.5. The summed E-state index contributed by atoms with van der Waals surface area (Å²) in [7, 11) is 1.78. The quantitative estimate of drug-likeness (QED) is 0.835. The van der Waals surface area contributed by atoms with Gasteiger partial charge in [-0.25, -0.2) is 0 Å². The fourth-order valence-corrected chi connectivity index (χ4v) is 1.69. The lowest BCUT2D eigenvalue weighted by Crippen LogP contribution is -1.96. The molecule has 0 saturated carbocycles. The molecule has 0 bridgehead atoms. The van der Waals surface area contributed by atoms with E-state index in [0.29, 0.717) is 15.9 Å². The van der Waals surface area contributed by atoms with Crippen LogP contribution in [0, 0.1) is 0 Å². The van der Waals surface area contributed by atoms with E-state index >= 15 is 0 Å². The molecule has 3 nitrogen and oxygen atoms in total. The van der Waals surface area contributed by atoms with Gasteiger partial charge < -0.3 is 5.73 Å². The summed E-state index contributed by atoms with van der Waals surface area (Å²) in [5, 5.41) is 5.46. The van der Waals surface area contributed by atoms with Gasteiger partial charge >= 0.3 is 0 Å². The van der Waals surface area contributed by atoms with Crippen molar-refractivity contribution in [3.05, 3.63) is 34.3 Å². The third-order valence-corrected chi connectivity index (χ3v) is 2.69. The van der Waals surface area contributed by atoms with Crippen LogP contribution < -0.4 is 5.73 Å². The van der Waals surface area contributed by atoms with Gasteiger partial charge in [-0.1, -0.05) is 23.2 Å². The van der Waals surface area contributed by atoms with Crippen LogP contribution in [0.2, 0.25) is 10.0 Å². The Balaban J connectivity index is 2.58. The highest BCUT2D eigenvalue weighted by molar-refractivity contribution is 6.35. The Kier molecular flexibility index (Phi) is 2.59. The van der Waals surface area contributed by atoms with Gasteiger partial charge in [-0.15, -0.1) is 0 Å². The van der Waals surface area contributed by atoms with E-state index in [-0.39, 0.29) is 0 Å². The van der Waals surface area contributed by atoms with Gasteiger partial charge in [-0.05, 0) is 18.2 Å². The van der Waals surface area contributed by atoms with Crippen LogP contribution in [-0.4, -0.2) is 9.78 Å². The van der Waals surface area contributed by atoms with Crippen molar-refractivity contribution in [3.63, 3.8) is 0 Å².